The van der Waals surface area contributed by atoms with Crippen molar-refractivity contribution in [2.24, 2.45) is 5.10 Å². The Morgan fingerprint density at radius 3 is 2.19 bits per heavy atom. The molecule has 0 aromatic heterocycles. The second-order valence-corrected chi connectivity index (χ2v) is 8.20. The number of carbonyl (C=O) groups excluding carboxylic acids is 1. The van der Waals surface area contributed by atoms with Crippen LogP contribution in [0.25, 0.3) is 0 Å². The molecule has 7 heteroatoms. The molecule has 0 atom stereocenters. The van der Waals surface area contributed by atoms with E-state index in [4.69, 9.17) is 9.47 Å². The number of amides is 1. The first kappa shape index (κ1) is 25.6. The van der Waals surface area contributed by atoms with Crippen LogP contribution in [0.3, 0.4) is 0 Å². The maximum absolute atomic E-state index is 13.4. The van der Waals surface area contributed by atoms with Crippen molar-refractivity contribution in [3.8, 4) is 11.5 Å². The number of carbonyl (C=O) groups is 1. The molecular weight excluding hydrogens is 471 g/mol. The van der Waals surface area contributed by atoms with Gasteiger partial charge in [0.05, 0.1) is 12.8 Å². The highest BCUT2D eigenvalue weighted by molar-refractivity contribution is 5.91. The second-order valence-electron chi connectivity index (χ2n) is 8.20. The van der Waals surface area contributed by atoms with Gasteiger partial charge in [-0.05, 0) is 59.5 Å². The van der Waals surface area contributed by atoms with Crippen LogP contribution in [-0.2, 0) is 17.0 Å². The van der Waals surface area contributed by atoms with Gasteiger partial charge in [0.1, 0.15) is 12.4 Å². The number of hydrazone groups is 1. The molecule has 4 aromatic carbocycles. The summed E-state index contributed by atoms with van der Waals surface area (Å²) in [5.41, 5.74) is 2.72. The summed E-state index contributed by atoms with van der Waals surface area (Å²) < 4.78 is 25.0. The molecule has 4 aromatic rings. The number of aliphatic hydroxyl groups is 1. The molecule has 0 aliphatic rings. The Kier molecular flexibility index (Phi) is 8.28. The molecule has 0 bridgehead atoms. The van der Waals surface area contributed by atoms with Crippen molar-refractivity contribution in [1.29, 1.82) is 0 Å². The minimum Gasteiger partial charge on any atom is -0.490 e. The van der Waals surface area contributed by atoms with E-state index in [2.05, 4.69) is 10.5 Å². The smallest absolute Gasteiger partial charge is 0.281 e. The van der Waals surface area contributed by atoms with Crippen molar-refractivity contribution in [2.45, 2.75) is 19.1 Å². The van der Waals surface area contributed by atoms with E-state index in [1.54, 1.807) is 78.9 Å². The zero-order valence-corrected chi connectivity index (χ0v) is 20.3. The fraction of sp³-hybridized carbons (Fsp3) is 0.133. The van der Waals surface area contributed by atoms with E-state index in [1.807, 2.05) is 19.1 Å². The van der Waals surface area contributed by atoms with E-state index in [1.165, 1.54) is 18.3 Å². The van der Waals surface area contributed by atoms with E-state index in [-0.39, 0.29) is 12.4 Å². The number of benzene rings is 4. The summed E-state index contributed by atoms with van der Waals surface area (Å²) in [5, 5.41) is 15.6. The van der Waals surface area contributed by atoms with Crippen molar-refractivity contribution < 1.29 is 23.8 Å². The van der Waals surface area contributed by atoms with Crippen molar-refractivity contribution in [3.05, 3.63) is 131 Å². The standard InChI is InChI=1S/C30H27FN2O4/c1-2-36-28-19-22(16-17-27(28)37-21-23-10-9-15-26(31)18-23)20-32-33-29(34)30(35,24-11-5-3-6-12-24)25-13-7-4-8-14-25/h3-20,35H,2,21H2,1H3,(H,33,34)/b32-20+. The molecule has 6 nitrogen and oxygen atoms in total. The van der Waals surface area contributed by atoms with Crippen molar-refractivity contribution in [3.63, 3.8) is 0 Å². The lowest BCUT2D eigenvalue weighted by Crippen LogP contribution is -2.43. The minimum atomic E-state index is -1.93. The maximum atomic E-state index is 13.4. The third-order valence-electron chi connectivity index (χ3n) is 5.64. The quantitative estimate of drug-likeness (QED) is 0.233. The lowest BCUT2D eigenvalue weighted by molar-refractivity contribution is -0.136. The fourth-order valence-electron chi connectivity index (χ4n) is 3.81. The number of rotatable bonds is 10. The van der Waals surface area contributed by atoms with E-state index >= 15 is 0 Å². The number of nitrogens with one attached hydrogen (secondary N) is 1. The van der Waals surface area contributed by atoms with Crippen LogP contribution in [0.2, 0.25) is 0 Å². The monoisotopic (exact) mass is 498 g/mol. The molecule has 0 radical (unpaired) electrons. The summed E-state index contributed by atoms with van der Waals surface area (Å²) in [5.74, 6) is -0.0403. The molecule has 0 aliphatic heterocycles. The number of ether oxygens (including phenoxy) is 2. The van der Waals surface area contributed by atoms with Gasteiger partial charge in [0.15, 0.2) is 17.1 Å². The van der Waals surface area contributed by atoms with E-state index in [0.29, 0.717) is 40.4 Å². The molecule has 0 fully saturated rings. The SMILES string of the molecule is CCOc1cc(/C=N/NC(=O)C(O)(c2ccccc2)c2ccccc2)ccc1OCc1cccc(F)c1. The summed E-state index contributed by atoms with van der Waals surface area (Å²) >= 11 is 0. The van der Waals surface area contributed by atoms with Crippen LogP contribution in [0.1, 0.15) is 29.2 Å². The Labute approximate surface area is 215 Å². The Morgan fingerprint density at radius 2 is 1.57 bits per heavy atom. The first-order chi connectivity index (χ1) is 18.0. The summed E-state index contributed by atoms with van der Waals surface area (Å²) in [4.78, 5) is 13.2. The Bertz CT molecular complexity index is 1320. The van der Waals surface area contributed by atoms with E-state index in [9.17, 15) is 14.3 Å². The Hall–Kier alpha value is -4.49. The second kappa shape index (κ2) is 12.0. The van der Waals surface area contributed by atoms with Crippen LogP contribution in [0.15, 0.2) is 108 Å². The van der Waals surface area contributed by atoms with Gasteiger partial charge in [-0.2, -0.15) is 5.10 Å². The Balaban J connectivity index is 1.50. The van der Waals surface area contributed by atoms with Gasteiger partial charge in [-0.1, -0.05) is 72.8 Å². The zero-order chi connectivity index (χ0) is 26.1. The summed E-state index contributed by atoms with van der Waals surface area (Å²) in [6.07, 6.45) is 1.45. The van der Waals surface area contributed by atoms with E-state index in [0.717, 1.165) is 0 Å². The van der Waals surface area contributed by atoms with Gasteiger partial charge in [-0.3, -0.25) is 4.79 Å². The topological polar surface area (TPSA) is 80.2 Å². The van der Waals surface area contributed by atoms with Gasteiger partial charge in [0.25, 0.3) is 5.91 Å². The number of halogens is 1. The summed E-state index contributed by atoms with van der Waals surface area (Å²) in [6.45, 7) is 2.44. The van der Waals surface area contributed by atoms with Crippen LogP contribution in [0.4, 0.5) is 4.39 Å². The molecule has 4 rings (SSSR count). The molecule has 0 saturated heterocycles. The maximum Gasteiger partial charge on any atom is 0.281 e. The van der Waals surface area contributed by atoms with Crippen molar-refractivity contribution in [1.82, 2.24) is 5.43 Å². The highest BCUT2D eigenvalue weighted by atomic mass is 19.1. The molecule has 1 amide bonds. The molecule has 0 heterocycles. The summed E-state index contributed by atoms with van der Waals surface area (Å²) in [6, 6.07) is 28.8. The molecule has 37 heavy (non-hydrogen) atoms. The normalized spacial score (nSPS) is 11.3. The zero-order valence-electron chi connectivity index (χ0n) is 20.3. The Morgan fingerprint density at radius 1 is 0.892 bits per heavy atom. The molecule has 2 N–H and O–H groups in total. The van der Waals surface area contributed by atoms with Crippen LogP contribution in [0, 0.1) is 5.82 Å². The molecule has 0 unspecified atom stereocenters. The molecule has 0 saturated carbocycles. The molecule has 0 aliphatic carbocycles. The third kappa shape index (κ3) is 6.20. The van der Waals surface area contributed by atoms with Gasteiger partial charge in [0.2, 0.25) is 0 Å². The number of hydrogen-bond donors (Lipinski definition) is 2. The van der Waals surface area contributed by atoms with Gasteiger partial charge < -0.3 is 14.6 Å². The average molecular weight is 499 g/mol. The lowest BCUT2D eigenvalue weighted by atomic mass is 9.85. The van der Waals surface area contributed by atoms with Gasteiger partial charge in [-0.15, -0.1) is 0 Å². The third-order valence-corrected chi connectivity index (χ3v) is 5.64. The highest BCUT2D eigenvalue weighted by Gasteiger charge is 2.39. The van der Waals surface area contributed by atoms with Crippen molar-refractivity contribution in [2.75, 3.05) is 6.61 Å². The molecular formula is C30H27FN2O4. The van der Waals surface area contributed by atoms with Gasteiger partial charge in [0, 0.05) is 0 Å². The van der Waals surface area contributed by atoms with E-state index < -0.39 is 11.5 Å². The minimum absolute atomic E-state index is 0.179. The molecule has 0 spiro atoms. The average Bonchev–Trinajstić information content (AvgIpc) is 2.93. The predicted octanol–water partition coefficient (Wildman–Crippen LogP) is 5.19. The van der Waals surface area contributed by atoms with Gasteiger partial charge in [-0.25, -0.2) is 9.82 Å². The number of nitrogens with zero attached hydrogens (tertiary/aromatic N) is 1. The van der Waals surface area contributed by atoms with Crippen molar-refractivity contribution >= 4 is 12.1 Å². The first-order valence-electron chi connectivity index (χ1n) is 11.8. The van der Waals surface area contributed by atoms with Crippen LogP contribution < -0.4 is 14.9 Å². The summed E-state index contributed by atoms with van der Waals surface area (Å²) in [7, 11) is 0. The van der Waals surface area contributed by atoms with Crippen LogP contribution >= 0.6 is 0 Å². The predicted molar refractivity (Wildman–Crippen MR) is 140 cm³/mol. The van der Waals surface area contributed by atoms with Crippen LogP contribution in [0.5, 0.6) is 11.5 Å². The van der Waals surface area contributed by atoms with Crippen LogP contribution in [-0.4, -0.2) is 23.8 Å². The highest BCUT2D eigenvalue weighted by Crippen LogP contribution is 2.31. The molecule has 188 valence electrons. The fourth-order valence-corrected chi connectivity index (χ4v) is 3.81. The largest absolute Gasteiger partial charge is 0.490 e. The first-order valence-corrected chi connectivity index (χ1v) is 11.8. The number of hydrogen-bond acceptors (Lipinski definition) is 5. The van der Waals surface area contributed by atoms with Gasteiger partial charge >= 0.3 is 0 Å². The lowest BCUT2D eigenvalue weighted by Gasteiger charge is -2.27.